The molecular formula is C42H31N3. The zero-order valence-corrected chi connectivity index (χ0v) is 25.5. The van der Waals surface area contributed by atoms with E-state index in [1.54, 1.807) is 0 Å². The number of benzene rings is 6. The third-order valence-electron chi connectivity index (χ3n) is 10.0. The molecule has 214 valence electrons. The molecule has 3 heteroatoms. The van der Waals surface area contributed by atoms with Crippen molar-refractivity contribution < 1.29 is 0 Å². The van der Waals surface area contributed by atoms with Crippen LogP contribution in [-0.2, 0) is 5.41 Å². The fourth-order valence-corrected chi connectivity index (χ4v) is 7.61. The van der Waals surface area contributed by atoms with Crippen LogP contribution in [0.15, 0.2) is 127 Å². The molecule has 9 rings (SSSR count). The first kappa shape index (κ1) is 26.0. The molecule has 3 nitrogen and oxygen atoms in total. The molecule has 0 fully saturated rings. The molecule has 1 unspecified atom stereocenters. The van der Waals surface area contributed by atoms with E-state index < -0.39 is 0 Å². The summed E-state index contributed by atoms with van der Waals surface area (Å²) in [5, 5.41) is 2.30. The second-order valence-electron chi connectivity index (χ2n) is 12.9. The van der Waals surface area contributed by atoms with Gasteiger partial charge in [-0.2, -0.15) is 0 Å². The number of aromatic nitrogens is 3. The summed E-state index contributed by atoms with van der Waals surface area (Å²) in [6, 6.07) is 45.7. The Bertz CT molecular complexity index is 2330. The monoisotopic (exact) mass is 577 g/mol. The van der Waals surface area contributed by atoms with E-state index in [0.29, 0.717) is 23.4 Å². The largest absolute Gasteiger partial charge is 0.208 e. The summed E-state index contributed by atoms with van der Waals surface area (Å²) in [4.78, 5) is 15.5. The SMILES string of the molecule is CC1c2ccccc2-c2ccc(-c3nc(-c4ccc5c(c4)C(C)(C)c4ccccc4-5)nc(-c4cccc5ccccc45)n3)cc21. The maximum absolute atomic E-state index is 5.18. The molecule has 7 aromatic rings. The van der Waals surface area contributed by atoms with Crippen LogP contribution >= 0.6 is 0 Å². The molecule has 1 aromatic heterocycles. The molecule has 6 aromatic carbocycles. The molecule has 0 saturated heterocycles. The average Bonchev–Trinajstić information content (AvgIpc) is 3.50. The number of rotatable bonds is 3. The Morgan fingerprint density at radius 3 is 1.89 bits per heavy atom. The summed E-state index contributed by atoms with van der Waals surface area (Å²) in [7, 11) is 0. The van der Waals surface area contributed by atoms with Crippen molar-refractivity contribution in [3.05, 3.63) is 150 Å². The third kappa shape index (κ3) is 3.87. The Labute approximate surface area is 263 Å². The minimum atomic E-state index is -0.110. The molecule has 0 bridgehead atoms. The lowest BCUT2D eigenvalue weighted by molar-refractivity contribution is 0.660. The van der Waals surface area contributed by atoms with Crippen LogP contribution in [0.3, 0.4) is 0 Å². The lowest BCUT2D eigenvalue weighted by Crippen LogP contribution is -2.15. The first-order valence-corrected chi connectivity index (χ1v) is 15.7. The van der Waals surface area contributed by atoms with Gasteiger partial charge in [-0.15, -0.1) is 0 Å². The summed E-state index contributed by atoms with van der Waals surface area (Å²) in [5.74, 6) is 2.38. The van der Waals surface area contributed by atoms with E-state index in [1.807, 2.05) is 0 Å². The first-order chi connectivity index (χ1) is 22.0. The molecule has 0 radical (unpaired) electrons. The standard InChI is InChI=1S/C42H31N3/c1-25-29-13-6-7-15-31(29)32-21-19-27(23-36(25)32)39-43-40(45-41(44-39)35-17-10-12-26-11-4-5-14-30(26)35)28-20-22-34-33-16-8-9-18-37(33)42(2,3)38(34)24-28/h4-25H,1-3H3. The molecule has 45 heavy (non-hydrogen) atoms. The van der Waals surface area contributed by atoms with Gasteiger partial charge in [-0.1, -0.05) is 136 Å². The third-order valence-corrected chi connectivity index (χ3v) is 10.0. The van der Waals surface area contributed by atoms with Crippen LogP contribution < -0.4 is 0 Å². The van der Waals surface area contributed by atoms with Gasteiger partial charge < -0.3 is 0 Å². The van der Waals surface area contributed by atoms with E-state index in [-0.39, 0.29) is 5.41 Å². The Morgan fingerprint density at radius 2 is 1.04 bits per heavy atom. The number of hydrogen-bond acceptors (Lipinski definition) is 3. The van der Waals surface area contributed by atoms with Gasteiger partial charge in [0.25, 0.3) is 0 Å². The van der Waals surface area contributed by atoms with Crippen molar-refractivity contribution in [1.29, 1.82) is 0 Å². The van der Waals surface area contributed by atoms with Crippen molar-refractivity contribution in [3.8, 4) is 56.4 Å². The van der Waals surface area contributed by atoms with Crippen LogP contribution in [0.5, 0.6) is 0 Å². The van der Waals surface area contributed by atoms with Gasteiger partial charge in [-0.25, -0.2) is 15.0 Å². The van der Waals surface area contributed by atoms with E-state index in [2.05, 4.69) is 148 Å². The maximum Gasteiger partial charge on any atom is 0.164 e. The Kier molecular flexibility index (Phi) is 5.52. The van der Waals surface area contributed by atoms with E-state index in [9.17, 15) is 0 Å². The fraction of sp³-hybridized carbons (Fsp3) is 0.119. The smallest absolute Gasteiger partial charge is 0.164 e. The van der Waals surface area contributed by atoms with E-state index in [0.717, 1.165) is 22.1 Å². The zero-order chi connectivity index (χ0) is 30.3. The second-order valence-corrected chi connectivity index (χ2v) is 12.9. The number of nitrogens with zero attached hydrogens (tertiary/aromatic N) is 3. The number of fused-ring (bicyclic) bond motifs is 7. The van der Waals surface area contributed by atoms with Crippen LogP contribution in [0, 0.1) is 0 Å². The highest BCUT2D eigenvalue weighted by Gasteiger charge is 2.35. The summed E-state index contributed by atoms with van der Waals surface area (Å²) >= 11 is 0. The lowest BCUT2D eigenvalue weighted by Gasteiger charge is -2.21. The van der Waals surface area contributed by atoms with Crippen molar-refractivity contribution in [2.75, 3.05) is 0 Å². The quantitative estimate of drug-likeness (QED) is 0.210. The lowest BCUT2D eigenvalue weighted by atomic mass is 9.82. The van der Waals surface area contributed by atoms with Crippen LogP contribution in [-0.4, -0.2) is 15.0 Å². The molecule has 0 spiro atoms. The molecule has 0 N–H and O–H groups in total. The van der Waals surface area contributed by atoms with E-state index in [1.165, 1.54) is 49.9 Å². The van der Waals surface area contributed by atoms with Crippen LogP contribution in [0.25, 0.3) is 67.2 Å². The molecule has 1 atom stereocenters. The van der Waals surface area contributed by atoms with Crippen molar-refractivity contribution >= 4 is 10.8 Å². The predicted octanol–water partition coefficient (Wildman–Crippen LogP) is 10.5. The van der Waals surface area contributed by atoms with Crippen LogP contribution in [0.2, 0.25) is 0 Å². The van der Waals surface area contributed by atoms with Crippen molar-refractivity contribution in [2.45, 2.75) is 32.1 Å². The van der Waals surface area contributed by atoms with Gasteiger partial charge in [0.05, 0.1) is 0 Å². The van der Waals surface area contributed by atoms with Crippen molar-refractivity contribution in [1.82, 2.24) is 15.0 Å². The minimum absolute atomic E-state index is 0.110. The Balaban J connectivity index is 1.25. The second kappa shape index (κ2) is 9.54. The van der Waals surface area contributed by atoms with Crippen molar-refractivity contribution in [2.24, 2.45) is 0 Å². The highest BCUT2D eigenvalue weighted by molar-refractivity contribution is 5.95. The summed E-state index contributed by atoms with van der Waals surface area (Å²) in [5.41, 5.74) is 13.5. The van der Waals surface area contributed by atoms with Gasteiger partial charge in [-0.3, -0.25) is 0 Å². The van der Waals surface area contributed by atoms with Gasteiger partial charge >= 0.3 is 0 Å². The molecule has 0 saturated carbocycles. The first-order valence-electron chi connectivity index (χ1n) is 15.7. The van der Waals surface area contributed by atoms with Gasteiger partial charge in [-0.05, 0) is 67.4 Å². The van der Waals surface area contributed by atoms with Crippen LogP contribution in [0.4, 0.5) is 0 Å². The topological polar surface area (TPSA) is 38.7 Å². The minimum Gasteiger partial charge on any atom is -0.208 e. The van der Waals surface area contributed by atoms with Gasteiger partial charge in [0.1, 0.15) is 0 Å². The molecule has 0 aliphatic heterocycles. The molecule has 2 aliphatic rings. The average molecular weight is 578 g/mol. The fourth-order valence-electron chi connectivity index (χ4n) is 7.61. The normalized spacial score (nSPS) is 15.4. The molecule has 1 heterocycles. The van der Waals surface area contributed by atoms with Gasteiger partial charge in [0.2, 0.25) is 0 Å². The Hall–Kier alpha value is -5.41. The number of hydrogen-bond donors (Lipinski definition) is 0. The van der Waals surface area contributed by atoms with Crippen molar-refractivity contribution in [3.63, 3.8) is 0 Å². The summed E-state index contributed by atoms with van der Waals surface area (Å²) in [6.07, 6.45) is 0. The molecule has 0 amide bonds. The molecule has 2 aliphatic carbocycles. The van der Waals surface area contributed by atoms with Crippen LogP contribution in [0.1, 0.15) is 48.9 Å². The highest BCUT2D eigenvalue weighted by atomic mass is 15.0. The molecular weight excluding hydrogens is 546 g/mol. The van der Waals surface area contributed by atoms with E-state index in [4.69, 9.17) is 15.0 Å². The highest BCUT2D eigenvalue weighted by Crippen LogP contribution is 2.50. The van der Waals surface area contributed by atoms with Gasteiger partial charge in [0, 0.05) is 28.0 Å². The van der Waals surface area contributed by atoms with E-state index >= 15 is 0 Å². The zero-order valence-electron chi connectivity index (χ0n) is 25.5. The summed E-state index contributed by atoms with van der Waals surface area (Å²) in [6.45, 7) is 6.91. The maximum atomic E-state index is 5.18. The van der Waals surface area contributed by atoms with Gasteiger partial charge in [0.15, 0.2) is 17.5 Å². The Morgan fingerprint density at radius 1 is 0.467 bits per heavy atom. The summed E-state index contributed by atoms with van der Waals surface area (Å²) < 4.78 is 0. The predicted molar refractivity (Wildman–Crippen MR) is 184 cm³/mol.